The lowest BCUT2D eigenvalue weighted by molar-refractivity contribution is 0.107. The molecule has 0 bridgehead atoms. The van der Waals surface area contributed by atoms with E-state index in [-0.39, 0.29) is 5.84 Å². The molecule has 3 rings (SSSR count). The zero-order valence-corrected chi connectivity index (χ0v) is 14.1. The van der Waals surface area contributed by atoms with E-state index in [1.807, 2.05) is 42.5 Å². The van der Waals surface area contributed by atoms with Gasteiger partial charge in [0.05, 0.1) is 32.5 Å². The van der Waals surface area contributed by atoms with Crippen molar-refractivity contribution in [1.82, 2.24) is 0 Å². The molecule has 0 fully saturated rings. The highest BCUT2D eigenvalue weighted by Gasteiger charge is 2.22. The summed E-state index contributed by atoms with van der Waals surface area (Å²) < 4.78 is 16.6. The second-order valence-electron chi connectivity index (χ2n) is 5.63. The molecule has 0 aromatic heterocycles. The van der Waals surface area contributed by atoms with Crippen LogP contribution in [0.4, 0.5) is 0 Å². The zero-order chi connectivity index (χ0) is 17.6. The Morgan fingerprint density at radius 2 is 1.88 bits per heavy atom. The third-order valence-corrected chi connectivity index (χ3v) is 3.89. The van der Waals surface area contributed by atoms with Gasteiger partial charge in [-0.3, -0.25) is 5.41 Å². The van der Waals surface area contributed by atoms with E-state index in [1.165, 1.54) is 0 Å². The lowest BCUT2D eigenvalue weighted by Gasteiger charge is -2.11. The number of methoxy groups -OCH3 is 1. The number of rotatable bonds is 8. The molecule has 1 heterocycles. The highest BCUT2D eigenvalue weighted by Crippen LogP contribution is 2.27. The second kappa shape index (κ2) is 7.81. The first-order valence-corrected chi connectivity index (χ1v) is 8.09. The Labute approximate surface area is 146 Å². The molecular weight excluding hydrogens is 318 g/mol. The van der Waals surface area contributed by atoms with Gasteiger partial charge in [0.25, 0.3) is 0 Å². The van der Waals surface area contributed by atoms with E-state index in [4.69, 9.17) is 25.4 Å². The van der Waals surface area contributed by atoms with Crippen molar-refractivity contribution in [3.05, 3.63) is 59.2 Å². The third kappa shape index (κ3) is 3.97. The van der Waals surface area contributed by atoms with Gasteiger partial charge >= 0.3 is 0 Å². The predicted octanol–water partition coefficient (Wildman–Crippen LogP) is 2.73. The summed E-state index contributed by atoms with van der Waals surface area (Å²) in [4.78, 5) is 3.99. The maximum atomic E-state index is 7.78. The summed E-state index contributed by atoms with van der Waals surface area (Å²) >= 11 is 0. The predicted molar refractivity (Wildman–Crippen MR) is 96.8 cm³/mol. The molecule has 130 valence electrons. The molecule has 6 nitrogen and oxygen atoms in total. The molecule has 0 radical (unpaired) electrons. The standard InChI is InChI=1S/C19H21N3O3/c1-23-14-8-6-13(7-9-14)12-24-10-3-11-25-16-5-2-4-15-17(16)19(21)22-18(15)20/h2,4-9H,3,10-12H2,1H3,(H3,20,21,22). The molecule has 0 saturated heterocycles. The fraction of sp³-hybridized carbons (Fsp3) is 0.263. The van der Waals surface area contributed by atoms with Gasteiger partial charge in [-0.2, -0.15) is 0 Å². The number of benzene rings is 2. The second-order valence-corrected chi connectivity index (χ2v) is 5.63. The third-order valence-electron chi connectivity index (χ3n) is 3.89. The van der Waals surface area contributed by atoms with Crippen LogP contribution in [0.3, 0.4) is 0 Å². The SMILES string of the molecule is COc1ccc(COCCCOc2cccc3c2C(N)=NC3=N)cc1. The first-order valence-electron chi connectivity index (χ1n) is 8.09. The van der Waals surface area contributed by atoms with E-state index in [0.29, 0.717) is 42.5 Å². The average Bonchev–Trinajstić information content (AvgIpc) is 2.93. The number of hydrogen-bond acceptors (Lipinski definition) is 5. The molecule has 1 aliphatic rings. The molecule has 25 heavy (non-hydrogen) atoms. The minimum atomic E-state index is 0.181. The number of nitrogens with one attached hydrogen (secondary N) is 1. The molecular formula is C19H21N3O3. The first-order chi connectivity index (χ1) is 12.2. The molecule has 6 heteroatoms. The van der Waals surface area contributed by atoms with Crippen molar-refractivity contribution in [3.8, 4) is 11.5 Å². The van der Waals surface area contributed by atoms with E-state index in [9.17, 15) is 0 Å². The highest BCUT2D eigenvalue weighted by atomic mass is 16.5. The van der Waals surface area contributed by atoms with Crippen LogP contribution in [0.15, 0.2) is 47.5 Å². The maximum Gasteiger partial charge on any atom is 0.155 e. The number of hydrogen-bond donors (Lipinski definition) is 2. The van der Waals surface area contributed by atoms with Crippen LogP contribution in [-0.2, 0) is 11.3 Å². The molecule has 0 atom stereocenters. The van der Waals surface area contributed by atoms with Crippen LogP contribution in [0, 0.1) is 5.41 Å². The van der Waals surface area contributed by atoms with E-state index < -0.39 is 0 Å². The molecule has 2 aromatic carbocycles. The molecule has 1 aliphatic heterocycles. The summed E-state index contributed by atoms with van der Waals surface area (Å²) in [5, 5.41) is 7.78. The molecule has 3 N–H and O–H groups in total. The molecule has 0 spiro atoms. The number of fused-ring (bicyclic) bond motifs is 1. The quantitative estimate of drug-likeness (QED) is 0.724. The Morgan fingerprint density at radius 1 is 1.08 bits per heavy atom. The Hall–Kier alpha value is -2.86. The van der Waals surface area contributed by atoms with Gasteiger partial charge in [-0.25, -0.2) is 4.99 Å². The lowest BCUT2D eigenvalue weighted by atomic mass is 10.1. The molecule has 0 saturated carbocycles. The first kappa shape index (κ1) is 17.0. The Kier molecular flexibility index (Phi) is 5.30. The number of ether oxygens (including phenoxy) is 3. The summed E-state index contributed by atoms with van der Waals surface area (Å²) in [5.41, 5.74) is 8.40. The zero-order valence-electron chi connectivity index (χ0n) is 14.1. The van der Waals surface area contributed by atoms with Crippen molar-refractivity contribution >= 4 is 11.7 Å². The van der Waals surface area contributed by atoms with Crippen LogP contribution in [0.1, 0.15) is 23.1 Å². The smallest absolute Gasteiger partial charge is 0.155 e. The topological polar surface area (TPSA) is 89.9 Å². The normalized spacial score (nSPS) is 12.7. The van der Waals surface area contributed by atoms with Crippen LogP contribution in [0.5, 0.6) is 11.5 Å². The lowest BCUT2D eigenvalue weighted by Crippen LogP contribution is -2.13. The van der Waals surface area contributed by atoms with Crippen molar-refractivity contribution in [2.75, 3.05) is 20.3 Å². The average molecular weight is 339 g/mol. The molecule has 0 aliphatic carbocycles. The van der Waals surface area contributed by atoms with Crippen molar-refractivity contribution in [3.63, 3.8) is 0 Å². The molecule has 2 aromatic rings. The van der Waals surface area contributed by atoms with Gasteiger partial charge in [0.2, 0.25) is 0 Å². The van der Waals surface area contributed by atoms with Crippen LogP contribution in [0.2, 0.25) is 0 Å². The Morgan fingerprint density at radius 3 is 2.64 bits per heavy atom. The van der Waals surface area contributed by atoms with Gasteiger partial charge in [0, 0.05) is 12.0 Å². The van der Waals surface area contributed by atoms with Crippen LogP contribution in [0.25, 0.3) is 0 Å². The fourth-order valence-corrected chi connectivity index (χ4v) is 2.60. The fourth-order valence-electron chi connectivity index (χ4n) is 2.60. The van der Waals surface area contributed by atoms with Crippen molar-refractivity contribution in [2.45, 2.75) is 13.0 Å². The summed E-state index contributed by atoms with van der Waals surface area (Å²) in [7, 11) is 1.65. The van der Waals surface area contributed by atoms with Gasteiger partial charge < -0.3 is 19.9 Å². The molecule has 0 amide bonds. The van der Waals surface area contributed by atoms with E-state index in [0.717, 1.165) is 17.7 Å². The van der Waals surface area contributed by atoms with Crippen molar-refractivity contribution in [1.29, 1.82) is 5.41 Å². The van der Waals surface area contributed by atoms with Gasteiger partial charge in [-0.15, -0.1) is 0 Å². The van der Waals surface area contributed by atoms with Crippen LogP contribution >= 0.6 is 0 Å². The van der Waals surface area contributed by atoms with Crippen molar-refractivity contribution < 1.29 is 14.2 Å². The minimum Gasteiger partial charge on any atom is -0.497 e. The van der Waals surface area contributed by atoms with Crippen molar-refractivity contribution in [2.24, 2.45) is 10.7 Å². The van der Waals surface area contributed by atoms with E-state index in [1.54, 1.807) is 7.11 Å². The maximum absolute atomic E-state index is 7.78. The summed E-state index contributed by atoms with van der Waals surface area (Å²) in [5.74, 6) is 2.02. The van der Waals surface area contributed by atoms with Gasteiger partial charge in [0.1, 0.15) is 17.3 Å². The number of nitrogens with two attached hydrogens (primary N) is 1. The number of nitrogens with zero attached hydrogens (tertiary/aromatic N) is 1. The summed E-state index contributed by atoms with van der Waals surface area (Å²) in [6, 6.07) is 13.3. The van der Waals surface area contributed by atoms with Gasteiger partial charge in [-0.05, 0) is 23.8 Å². The van der Waals surface area contributed by atoms with Gasteiger partial charge in [-0.1, -0.05) is 24.3 Å². The Balaban J connectivity index is 1.42. The summed E-state index contributed by atoms with van der Waals surface area (Å²) in [6.45, 7) is 1.67. The highest BCUT2D eigenvalue weighted by molar-refractivity contribution is 6.22. The largest absolute Gasteiger partial charge is 0.497 e. The monoisotopic (exact) mass is 339 g/mol. The van der Waals surface area contributed by atoms with Crippen LogP contribution < -0.4 is 15.2 Å². The Bertz CT molecular complexity index is 785. The van der Waals surface area contributed by atoms with E-state index >= 15 is 0 Å². The van der Waals surface area contributed by atoms with Gasteiger partial charge in [0.15, 0.2) is 5.84 Å². The summed E-state index contributed by atoms with van der Waals surface area (Å²) in [6.07, 6.45) is 0.758. The minimum absolute atomic E-state index is 0.181. The van der Waals surface area contributed by atoms with Crippen LogP contribution in [-0.4, -0.2) is 32.0 Å². The van der Waals surface area contributed by atoms with E-state index in [2.05, 4.69) is 4.99 Å². The molecule has 0 unspecified atom stereocenters. The number of amidine groups is 2. The number of aliphatic imine (C=N–C) groups is 1.